The van der Waals surface area contributed by atoms with Gasteiger partial charge in [0, 0.05) is 13.2 Å². The molecule has 0 unspecified atom stereocenters. The summed E-state index contributed by atoms with van der Waals surface area (Å²) in [4.78, 5) is 0. The second-order valence-corrected chi connectivity index (χ2v) is 5.68. The molecule has 0 atom stereocenters. The van der Waals surface area contributed by atoms with Gasteiger partial charge in [0.1, 0.15) is 0 Å². The van der Waals surface area contributed by atoms with E-state index in [2.05, 4.69) is 0 Å². The Bertz CT molecular complexity index is 206. The first-order valence-corrected chi connectivity index (χ1v) is 7.30. The molecule has 5 heteroatoms. The van der Waals surface area contributed by atoms with Crippen molar-refractivity contribution in [1.82, 2.24) is 0 Å². The molecule has 4 nitrogen and oxygen atoms in total. The molecule has 0 aliphatic rings. The third-order valence-corrected chi connectivity index (χ3v) is 3.35. The molecule has 0 aliphatic carbocycles. The Morgan fingerprint density at radius 3 is 1.53 bits per heavy atom. The smallest absolute Gasteiger partial charge is 0.154 e. The normalized spacial score (nSPS) is 11.9. The van der Waals surface area contributed by atoms with Crippen molar-refractivity contribution in [1.29, 1.82) is 0 Å². The molecule has 0 fully saturated rings. The molecule has 0 saturated carbocycles. The molecule has 0 aromatic heterocycles. The second kappa shape index (κ2) is 9.12. The molecule has 0 aromatic rings. The minimum atomic E-state index is -2.99. The van der Waals surface area contributed by atoms with Gasteiger partial charge in [-0.1, -0.05) is 13.8 Å². The summed E-state index contributed by atoms with van der Waals surface area (Å²) in [6, 6.07) is 0. The third kappa shape index (κ3) is 10.2. The molecule has 0 N–H and O–H groups in total. The molecule has 0 amide bonds. The van der Waals surface area contributed by atoms with Gasteiger partial charge in [-0.05, 0) is 12.8 Å². The standard InChI is InChI=1S/C10H22O4S/c1-3-5-13-7-9-15(11,12)10-8-14-6-4-2/h3-10H2,1-2H3. The van der Waals surface area contributed by atoms with Crippen LogP contribution in [0.25, 0.3) is 0 Å². The molecule has 0 saturated heterocycles. The van der Waals surface area contributed by atoms with Gasteiger partial charge >= 0.3 is 0 Å². The van der Waals surface area contributed by atoms with E-state index in [9.17, 15) is 8.42 Å². The van der Waals surface area contributed by atoms with Crippen LogP contribution < -0.4 is 0 Å². The number of sulfone groups is 1. The maximum Gasteiger partial charge on any atom is 0.154 e. The highest BCUT2D eigenvalue weighted by Crippen LogP contribution is 1.93. The molecule has 92 valence electrons. The van der Waals surface area contributed by atoms with Crippen molar-refractivity contribution in [2.75, 3.05) is 37.9 Å². The highest BCUT2D eigenvalue weighted by Gasteiger charge is 2.09. The van der Waals surface area contributed by atoms with Crippen LogP contribution in [0.2, 0.25) is 0 Å². The number of rotatable bonds is 10. The summed E-state index contributed by atoms with van der Waals surface area (Å²) in [5, 5.41) is 0. The molecule has 0 bridgehead atoms. The zero-order valence-corrected chi connectivity index (χ0v) is 10.5. The summed E-state index contributed by atoms with van der Waals surface area (Å²) >= 11 is 0. The first kappa shape index (κ1) is 14.9. The van der Waals surface area contributed by atoms with Crippen LogP contribution in [0.5, 0.6) is 0 Å². The van der Waals surface area contributed by atoms with Gasteiger partial charge in [0.25, 0.3) is 0 Å². The van der Waals surface area contributed by atoms with Crippen LogP contribution in [0.4, 0.5) is 0 Å². The fraction of sp³-hybridized carbons (Fsp3) is 1.00. The summed E-state index contributed by atoms with van der Waals surface area (Å²) in [7, 11) is -2.99. The van der Waals surface area contributed by atoms with Crippen LogP contribution in [0, 0.1) is 0 Å². The lowest BCUT2D eigenvalue weighted by atomic mass is 10.5. The predicted octanol–water partition coefficient (Wildman–Crippen LogP) is 1.25. The Morgan fingerprint density at radius 2 is 1.20 bits per heavy atom. The number of ether oxygens (including phenoxy) is 2. The van der Waals surface area contributed by atoms with Crippen molar-refractivity contribution in [3.8, 4) is 0 Å². The molecule has 0 rings (SSSR count). The zero-order chi connectivity index (χ0) is 11.6. The first-order valence-electron chi connectivity index (χ1n) is 5.48. The van der Waals surface area contributed by atoms with E-state index >= 15 is 0 Å². The SMILES string of the molecule is CCCOCCS(=O)(=O)CCOCCC. The summed E-state index contributed by atoms with van der Waals surface area (Å²) in [5.41, 5.74) is 0. The predicted molar refractivity (Wildman–Crippen MR) is 60.9 cm³/mol. The Kier molecular flexibility index (Phi) is 9.04. The van der Waals surface area contributed by atoms with E-state index in [4.69, 9.17) is 9.47 Å². The van der Waals surface area contributed by atoms with Crippen molar-refractivity contribution in [3.05, 3.63) is 0 Å². The highest BCUT2D eigenvalue weighted by molar-refractivity contribution is 7.91. The largest absolute Gasteiger partial charge is 0.380 e. The Balaban J connectivity index is 3.50. The summed E-state index contributed by atoms with van der Waals surface area (Å²) < 4.78 is 33.0. The van der Waals surface area contributed by atoms with Crippen LogP contribution in [-0.2, 0) is 19.3 Å². The highest BCUT2D eigenvalue weighted by atomic mass is 32.2. The van der Waals surface area contributed by atoms with Crippen molar-refractivity contribution >= 4 is 9.84 Å². The molecule has 0 heterocycles. The average molecular weight is 238 g/mol. The second-order valence-electron chi connectivity index (χ2n) is 3.38. The maximum absolute atomic E-state index is 11.4. The van der Waals surface area contributed by atoms with Crippen LogP contribution in [-0.4, -0.2) is 46.4 Å². The zero-order valence-electron chi connectivity index (χ0n) is 9.70. The fourth-order valence-electron chi connectivity index (χ4n) is 0.967. The molecule has 0 aromatic carbocycles. The van der Waals surface area contributed by atoms with Crippen molar-refractivity contribution in [3.63, 3.8) is 0 Å². The minimum absolute atomic E-state index is 0.0997. The molecule has 0 aliphatic heterocycles. The van der Waals surface area contributed by atoms with Crippen LogP contribution in [0.1, 0.15) is 26.7 Å². The molecular weight excluding hydrogens is 216 g/mol. The summed E-state index contributed by atoms with van der Waals surface area (Å²) in [6.45, 7) is 5.83. The molecular formula is C10H22O4S. The Labute approximate surface area is 92.9 Å². The van der Waals surface area contributed by atoms with Gasteiger partial charge in [-0.25, -0.2) is 8.42 Å². The average Bonchev–Trinajstić information content (AvgIpc) is 2.20. The Morgan fingerprint density at radius 1 is 0.800 bits per heavy atom. The van der Waals surface area contributed by atoms with Gasteiger partial charge in [0.2, 0.25) is 0 Å². The lowest BCUT2D eigenvalue weighted by Crippen LogP contribution is -2.19. The van der Waals surface area contributed by atoms with Crippen LogP contribution in [0.15, 0.2) is 0 Å². The van der Waals surface area contributed by atoms with E-state index in [1.165, 1.54) is 0 Å². The molecule has 15 heavy (non-hydrogen) atoms. The monoisotopic (exact) mass is 238 g/mol. The van der Waals surface area contributed by atoms with Gasteiger partial charge in [-0.3, -0.25) is 0 Å². The van der Waals surface area contributed by atoms with Crippen molar-refractivity contribution in [2.45, 2.75) is 26.7 Å². The first-order chi connectivity index (χ1) is 7.12. The molecule has 0 radical (unpaired) electrons. The third-order valence-electron chi connectivity index (χ3n) is 1.77. The minimum Gasteiger partial charge on any atom is -0.380 e. The van der Waals surface area contributed by atoms with E-state index in [1.54, 1.807) is 0 Å². The van der Waals surface area contributed by atoms with Gasteiger partial charge in [-0.2, -0.15) is 0 Å². The van der Waals surface area contributed by atoms with Crippen LogP contribution in [0.3, 0.4) is 0 Å². The van der Waals surface area contributed by atoms with E-state index in [-0.39, 0.29) is 11.5 Å². The Hall–Kier alpha value is -0.130. The number of hydrogen-bond acceptors (Lipinski definition) is 4. The number of hydrogen-bond donors (Lipinski definition) is 0. The van der Waals surface area contributed by atoms with Crippen molar-refractivity contribution in [2.24, 2.45) is 0 Å². The van der Waals surface area contributed by atoms with Gasteiger partial charge in [0.15, 0.2) is 9.84 Å². The fourth-order valence-corrected chi connectivity index (χ4v) is 1.91. The van der Waals surface area contributed by atoms with E-state index < -0.39 is 9.84 Å². The van der Waals surface area contributed by atoms with Gasteiger partial charge in [-0.15, -0.1) is 0 Å². The van der Waals surface area contributed by atoms with Gasteiger partial charge in [0.05, 0.1) is 24.7 Å². The molecule has 0 spiro atoms. The topological polar surface area (TPSA) is 52.6 Å². The van der Waals surface area contributed by atoms with E-state index in [0.717, 1.165) is 12.8 Å². The van der Waals surface area contributed by atoms with Crippen LogP contribution >= 0.6 is 0 Å². The lowest BCUT2D eigenvalue weighted by Gasteiger charge is -2.05. The summed E-state index contributed by atoms with van der Waals surface area (Å²) in [6.07, 6.45) is 1.83. The van der Waals surface area contributed by atoms with E-state index in [0.29, 0.717) is 26.4 Å². The summed E-state index contributed by atoms with van der Waals surface area (Å²) in [5.74, 6) is 0.199. The maximum atomic E-state index is 11.4. The quantitative estimate of drug-likeness (QED) is 0.538. The van der Waals surface area contributed by atoms with Gasteiger partial charge < -0.3 is 9.47 Å². The lowest BCUT2D eigenvalue weighted by molar-refractivity contribution is 0.146. The van der Waals surface area contributed by atoms with Crippen molar-refractivity contribution < 1.29 is 17.9 Å². The van der Waals surface area contributed by atoms with E-state index in [1.807, 2.05) is 13.8 Å².